The molecule has 0 saturated carbocycles. The number of rotatable bonds is 4. The summed E-state index contributed by atoms with van der Waals surface area (Å²) >= 11 is 3.97. The Bertz CT molecular complexity index is 1050. The smallest absolute Gasteiger partial charge is 0.744 e. The number of aromatic nitrogens is 4. The fraction of sp³-hybridized carbons (Fsp3) is 0. The van der Waals surface area contributed by atoms with Crippen LogP contribution in [0.3, 0.4) is 0 Å². The van der Waals surface area contributed by atoms with Crippen LogP contribution in [0.15, 0.2) is 58.6 Å². The molecule has 1 amide bonds. The zero-order valence-corrected chi connectivity index (χ0v) is 18.2. The topological polar surface area (TPSA) is 130 Å². The number of nitrogens with one attached hydrogen (secondary N) is 1. The minimum atomic E-state index is -4.79. The molecule has 26 heavy (non-hydrogen) atoms. The van der Waals surface area contributed by atoms with Crippen LogP contribution >= 0.6 is 12.6 Å². The van der Waals surface area contributed by atoms with Crippen LogP contribution in [0.1, 0.15) is 10.4 Å². The predicted octanol–water partition coefficient (Wildman–Crippen LogP) is -1.89. The van der Waals surface area contributed by atoms with Gasteiger partial charge in [0.1, 0.15) is 15.8 Å². The molecule has 0 spiro atoms. The van der Waals surface area contributed by atoms with Gasteiger partial charge in [-0.2, -0.15) is 0 Å². The minimum absolute atomic E-state index is 0. The third kappa shape index (κ3) is 4.78. The number of tetrazole rings is 1. The Morgan fingerprint density at radius 1 is 1.12 bits per heavy atom. The molecule has 3 rings (SSSR count). The third-order valence-electron chi connectivity index (χ3n) is 3.17. The molecular weight excluding hydrogens is 405 g/mol. The summed E-state index contributed by atoms with van der Waals surface area (Å²) in [5, 5.41) is 14.0. The first kappa shape index (κ1) is 21.2. The molecule has 0 atom stereocenters. The molecule has 0 saturated heterocycles. The molecule has 0 aliphatic heterocycles. The number of para-hydroxylation sites is 2. The van der Waals surface area contributed by atoms with Gasteiger partial charge in [-0.3, -0.25) is 4.79 Å². The number of carbonyl (C=O) groups is 1. The van der Waals surface area contributed by atoms with Crippen molar-refractivity contribution in [3.63, 3.8) is 0 Å². The number of hydrogen-bond acceptors (Lipinski definition) is 8. The first-order valence-electron chi connectivity index (χ1n) is 6.81. The van der Waals surface area contributed by atoms with Gasteiger partial charge in [-0.05, 0) is 29.5 Å². The van der Waals surface area contributed by atoms with E-state index in [0.717, 1.165) is 10.9 Å². The number of amides is 1. The van der Waals surface area contributed by atoms with E-state index >= 15 is 0 Å². The molecule has 1 heterocycles. The molecule has 0 bridgehead atoms. The van der Waals surface area contributed by atoms with Crippen molar-refractivity contribution in [1.82, 2.24) is 20.2 Å². The van der Waals surface area contributed by atoms with E-state index in [0.29, 0.717) is 11.4 Å². The normalized spacial score (nSPS) is 10.8. The van der Waals surface area contributed by atoms with Gasteiger partial charge in [-0.1, -0.05) is 36.9 Å². The average Bonchev–Trinajstić information content (AvgIpc) is 3.01. The van der Waals surface area contributed by atoms with Crippen LogP contribution in [0.5, 0.6) is 0 Å². The van der Waals surface area contributed by atoms with Crippen LogP contribution in [-0.2, 0) is 10.1 Å². The van der Waals surface area contributed by atoms with Crippen molar-refractivity contribution in [3.8, 4) is 5.69 Å². The first-order chi connectivity index (χ1) is 11.9. The molecule has 0 radical (unpaired) electrons. The molecule has 128 valence electrons. The molecule has 1 aromatic heterocycles. The molecule has 1 N–H and O–H groups in total. The zero-order valence-electron chi connectivity index (χ0n) is 13.4. The Morgan fingerprint density at radius 2 is 1.77 bits per heavy atom. The second kappa shape index (κ2) is 8.71. The van der Waals surface area contributed by atoms with Crippen LogP contribution in [0.25, 0.3) is 5.69 Å². The second-order valence-corrected chi connectivity index (χ2v) is 6.55. The Labute approximate surface area is 196 Å². The average molecular weight is 415 g/mol. The maximum absolute atomic E-state index is 12.5. The number of anilines is 1. The van der Waals surface area contributed by atoms with Crippen LogP contribution in [-0.4, -0.2) is 39.1 Å². The Morgan fingerprint density at radius 3 is 2.42 bits per heavy atom. The fourth-order valence-electron chi connectivity index (χ4n) is 2.12. The molecule has 0 fully saturated rings. The van der Waals surface area contributed by atoms with Crippen LogP contribution in [0, 0.1) is 0 Å². The molecule has 0 aliphatic rings. The van der Waals surface area contributed by atoms with Crippen molar-refractivity contribution >= 4 is 34.3 Å². The van der Waals surface area contributed by atoms with Gasteiger partial charge in [0.05, 0.1) is 16.1 Å². The summed E-state index contributed by atoms with van der Waals surface area (Å²) in [6, 6.07) is 11.7. The van der Waals surface area contributed by atoms with Gasteiger partial charge in [0.2, 0.25) is 5.16 Å². The van der Waals surface area contributed by atoms with E-state index in [9.17, 15) is 17.8 Å². The number of nitrogens with zero attached hydrogens (tertiary/aromatic N) is 4. The van der Waals surface area contributed by atoms with E-state index in [-0.39, 0.29) is 62.1 Å². The number of thiol groups is 1. The van der Waals surface area contributed by atoms with Crippen LogP contribution < -0.4 is 56.7 Å². The first-order valence-corrected chi connectivity index (χ1v) is 8.66. The molecule has 0 aliphatic carbocycles. The van der Waals surface area contributed by atoms with Crippen LogP contribution in [0.2, 0.25) is 0 Å². The summed E-state index contributed by atoms with van der Waals surface area (Å²) < 4.78 is 34.0. The maximum Gasteiger partial charge on any atom is 1.00 e. The fourth-order valence-corrected chi connectivity index (χ4v) is 2.92. The number of benzene rings is 2. The van der Waals surface area contributed by atoms with E-state index in [2.05, 4.69) is 33.4 Å². The summed E-state index contributed by atoms with van der Waals surface area (Å²) in [6.45, 7) is 0. The molecule has 12 heteroatoms. The van der Waals surface area contributed by atoms with Crippen molar-refractivity contribution in [3.05, 3.63) is 54.1 Å². The largest absolute Gasteiger partial charge is 1.00 e. The van der Waals surface area contributed by atoms with Crippen molar-refractivity contribution < 1.29 is 69.1 Å². The van der Waals surface area contributed by atoms with Gasteiger partial charge >= 0.3 is 51.4 Å². The summed E-state index contributed by atoms with van der Waals surface area (Å²) in [7, 11) is -4.79. The third-order valence-corrected chi connectivity index (χ3v) is 4.25. The molecule has 0 unspecified atom stereocenters. The standard InChI is InChI=1S/C14H11N5O4S2.K/c20-13(9-5-1-4-8-12(9)25(21,22)23)15-10-6-2-3-7-11(10)19-17-14(24)16-18-19;/h1-8H,(H,15,20)(H,17,24)(H,21,22,23);/q;+1/p-1. The van der Waals surface area contributed by atoms with Gasteiger partial charge in [-0.15, -0.1) is 15.0 Å². The van der Waals surface area contributed by atoms with Gasteiger partial charge in [0, 0.05) is 0 Å². The molecular formula is C14H10KN5O4S2. The summed E-state index contributed by atoms with van der Waals surface area (Å²) in [6.07, 6.45) is 0. The van der Waals surface area contributed by atoms with E-state index in [4.69, 9.17) is 0 Å². The van der Waals surface area contributed by atoms with Gasteiger partial charge in [0.25, 0.3) is 5.91 Å². The SMILES string of the molecule is O=C(Nc1ccccc1-n1nnc(S)n1)c1ccccc1S(=O)(=O)[O-].[K+]. The predicted molar refractivity (Wildman–Crippen MR) is 88.8 cm³/mol. The van der Waals surface area contributed by atoms with Crippen molar-refractivity contribution in [2.45, 2.75) is 10.1 Å². The van der Waals surface area contributed by atoms with Crippen molar-refractivity contribution in [1.29, 1.82) is 0 Å². The zero-order chi connectivity index (χ0) is 18.0. The van der Waals surface area contributed by atoms with E-state index in [1.54, 1.807) is 24.3 Å². The Kier molecular flexibility index (Phi) is 7.09. The van der Waals surface area contributed by atoms with Crippen molar-refractivity contribution in [2.24, 2.45) is 0 Å². The summed E-state index contributed by atoms with van der Waals surface area (Å²) in [5.74, 6) is -0.756. The molecule has 2 aromatic carbocycles. The summed E-state index contributed by atoms with van der Waals surface area (Å²) in [5.41, 5.74) is 0.441. The quantitative estimate of drug-likeness (QED) is 0.289. The Hall–Kier alpha value is -1.12. The number of carbonyl (C=O) groups excluding carboxylic acids is 1. The van der Waals surface area contributed by atoms with Crippen LogP contribution in [0.4, 0.5) is 5.69 Å². The van der Waals surface area contributed by atoms with Gasteiger partial charge < -0.3 is 9.87 Å². The summed E-state index contributed by atoms with van der Waals surface area (Å²) in [4.78, 5) is 13.0. The van der Waals surface area contributed by atoms with E-state index in [1.165, 1.54) is 18.2 Å². The minimum Gasteiger partial charge on any atom is -0.744 e. The number of hydrogen-bond donors (Lipinski definition) is 2. The maximum atomic E-state index is 12.5. The van der Waals surface area contributed by atoms with Crippen molar-refractivity contribution in [2.75, 3.05) is 5.32 Å². The monoisotopic (exact) mass is 415 g/mol. The molecule has 3 aromatic rings. The molecule has 9 nitrogen and oxygen atoms in total. The van der Waals surface area contributed by atoms with E-state index < -0.39 is 20.9 Å². The van der Waals surface area contributed by atoms with E-state index in [1.807, 2.05) is 0 Å². The Balaban J connectivity index is 0.00000243. The second-order valence-electron chi connectivity index (χ2n) is 4.80. The van der Waals surface area contributed by atoms with Gasteiger partial charge in [-0.25, -0.2) is 8.42 Å². The van der Waals surface area contributed by atoms with Gasteiger partial charge in [0.15, 0.2) is 0 Å².